The highest BCUT2D eigenvalue weighted by atomic mass is 15.0. The van der Waals surface area contributed by atoms with Crippen molar-refractivity contribution in [2.24, 2.45) is 10.9 Å². The second kappa shape index (κ2) is 5.38. The standard InChI is InChI=1S/C11H22N2/c1-10-11(6-4-8-12-10)7-5-9-13(2)3/h11H,4-9H2,1-3H3. The van der Waals surface area contributed by atoms with Gasteiger partial charge < -0.3 is 4.90 Å². The zero-order chi connectivity index (χ0) is 9.68. The Kier molecular flexibility index (Phi) is 4.43. The van der Waals surface area contributed by atoms with E-state index in [0.717, 1.165) is 12.5 Å². The fourth-order valence-corrected chi connectivity index (χ4v) is 1.94. The third kappa shape index (κ3) is 3.90. The van der Waals surface area contributed by atoms with Crippen LogP contribution in [0.4, 0.5) is 0 Å². The van der Waals surface area contributed by atoms with Gasteiger partial charge in [0.2, 0.25) is 0 Å². The van der Waals surface area contributed by atoms with Crippen molar-refractivity contribution in [3.63, 3.8) is 0 Å². The third-order valence-electron chi connectivity index (χ3n) is 2.82. The van der Waals surface area contributed by atoms with Crippen LogP contribution < -0.4 is 0 Å². The van der Waals surface area contributed by atoms with Gasteiger partial charge in [0.25, 0.3) is 0 Å². The zero-order valence-electron chi connectivity index (χ0n) is 9.21. The first-order valence-electron chi connectivity index (χ1n) is 5.36. The second-order valence-corrected chi connectivity index (χ2v) is 4.31. The first-order chi connectivity index (χ1) is 6.20. The lowest BCUT2D eigenvalue weighted by Crippen LogP contribution is -2.19. The maximum atomic E-state index is 4.51. The van der Waals surface area contributed by atoms with E-state index in [9.17, 15) is 0 Å². The molecule has 13 heavy (non-hydrogen) atoms. The van der Waals surface area contributed by atoms with Gasteiger partial charge in [0.15, 0.2) is 0 Å². The number of hydrogen-bond acceptors (Lipinski definition) is 2. The summed E-state index contributed by atoms with van der Waals surface area (Å²) in [6.45, 7) is 4.47. The topological polar surface area (TPSA) is 15.6 Å². The SMILES string of the molecule is CC1=NCCCC1CCCN(C)C. The lowest BCUT2D eigenvalue weighted by atomic mass is 9.91. The van der Waals surface area contributed by atoms with Crippen LogP contribution in [0.5, 0.6) is 0 Å². The van der Waals surface area contributed by atoms with Crippen molar-refractivity contribution in [3.05, 3.63) is 0 Å². The molecule has 0 saturated carbocycles. The Balaban J connectivity index is 2.20. The molecule has 1 heterocycles. The zero-order valence-corrected chi connectivity index (χ0v) is 9.21. The molecule has 0 N–H and O–H groups in total. The molecule has 0 radical (unpaired) electrons. The summed E-state index contributed by atoms with van der Waals surface area (Å²) in [5.74, 6) is 0.786. The van der Waals surface area contributed by atoms with E-state index in [-0.39, 0.29) is 0 Å². The van der Waals surface area contributed by atoms with E-state index in [1.54, 1.807) is 0 Å². The predicted molar refractivity (Wildman–Crippen MR) is 58.5 cm³/mol. The Morgan fingerprint density at radius 2 is 2.23 bits per heavy atom. The van der Waals surface area contributed by atoms with Crippen molar-refractivity contribution in [1.82, 2.24) is 4.90 Å². The summed E-state index contributed by atoms with van der Waals surface area (Å²) in [6.07, 6.45) is 5.30. The van der Waals surface area contributed by atoms with Gasteiger partial charge in [-0.3, -0.25) is 4.99 Å². The number of aliphatic imine (C=N–C) groups is 1. The Morgan fingerprint density at radius 1 is 1.46 bits per heavy atom. The number of rotatable bonds is 4. The summed E-state index contributed by atoms with van der Waals surface area (Å²) in [5, 5.41) is 0. The highest BCUT2D eigenvalue weighted by Gasteiger charge is 2.14. The quantitative estimate of drug-likeness (QED) is 0.651. The normalized spacial score (nSPS) is 23.4. The highest BCUT2D eigenvalue weighted by molar-refractivity contribution is 5.84. The van der Waals surface area contributed by atoms with Gasteiger partial charge in [-0.25, -0.2) is 0 Å². The summed E-state index contributed by atoms with van der Waals surface area (Å²) in [5.41, 5.74) is 1.39. The average Bonchev–Trinajstić information content (AvgIpc) is 2.08. The summed E-state index contributed by atoms with van der Waals surface area (Å²) in [4.78, 5) is 6.77. The summed E-state index contributed by atoms with van der Waals surface area (Å²) in [7, 11) is 4.28. The van der Waals surface area contributed by atoms with Gasteiger partial charge in [0.1, 0.15) is 0 Å². The van der Waals surface area contributed by atoms with Crippen molar-refractivity contribution in [3.8, 4) is 0 Å². The molecular weight excluding hydrogens is 160 g/mol. The number of hydrogen-bond donors (Lipinski definition) is 0. The van der Waals surface area contributed by atoms with Gasteiger partial charge in [-0.15, -0.1) is 0 Å². The van der Waals surface area contributed by atoms with E-state index in [1.807, 2.05) is 0 Å². The molecule has 0 spiro atoms. The molecule has 0 amide bonds. The molecule has 0 aromatic carbocycles. The summed E-state index contributed by atoms with van der Waals surface area (Å²) in [6, 6.07) is 0. The fraction of sp³-hybridized carbons (Fsp3) is 0.909. The van der Waals surface area contributed by atoms with Crippen LogP contribution in [0, 0.1) is 5.92 Å². The first kappa shape index (κ1) is 10.7. The minimum atomic E-state index is 0.786. The molecule has 0 saturated heterocycles. The van der Waals surface area contributed by atoms with E-state index in [2.05, 4.69) is 30.9 Å². The Labute approximate surface area is 82.0 Å². The predicted octanol–water partition coefficient (Wildman–Crippen LogP) is 2.20. The van der Waals surface area contributed by atoms with Crippen molar-refractivity contribution >= 4 is 5.71 Å². The Bertz CT molecular complexity index is 173. The maximum absolute atomic E-state index is 4.51. The molecular formula is C11H22N2. The molecule has 1 unspecified atom stereocenters. The average molecular weight is 182 g/mol. The van der Waals surface area contributed by atoms with Crippen LogP contribution in [0.15, 0.2) is 4.99 Å². The molecule has 0 aromatic rings. The van der Waals surface area contributed by atoms with E-state index < -0.39 is 0 Å². The van der Waals surface area contributed by atoms with Crippen LogP contribution in [0.1, 0.15) is 32.6 Å². The molecule has 0 aromatic heterocycles. The first-order valence-corrected chi connectivity index (χ1v) is 5.36. The molecule has 0 aliphatic carbocycles. The van der Waals surface area contributed by atoms with Crippen LogP contribution in [-0.2, 0) is 0 Å². The Hall–Kier alpha value is -0.370. The molecule has 2 nitrogen and oxygen atoms in total. The van der Waals surface area contributed by atoms with Gasteiger partial charge in [-0.2, -0.15) is 0 Å². The maximum Gasteiger partial charge on any atom is 0.0388 e. The van der Waals surface area contributed by atoms with Gasteiger partial charge in [0, 0.05) is 12.3 Å². The van der Waals surface area contributed by atoms with Gasteiger partial charge in [-0.05, 0) is 59.2 Å². The van der Waals surface area contributed by atoms with Gasteiger partial charge in [-0.1, -0.05) is 0 Å². The number of nitrogens with zero attached hydrogens (tertiary/aromatic N) is 2. The highest BCUT2D eigenvalue weighted by Crippen LogP contribution is 2.19. The molecule has 1 atom stereocenters. The lowest BCUT2D eigenvalue weighted by Gasteiger charge is -2.21. The van der Waals surface area contributed by atoms with Crippen LogP contribution in [0.2, 0.25) is 0 Å². The van der Waals surface area contributed by atoms with Gasteiger partial charge >= 0.3 is 0 Å². The molecule has 0 bridgehead atoms. The molecule has 2 heteroatoms. The molecule has 1 aliphatic heterocycles. The van der Waals surface area contributed by atoms with E-state index >= 15 is 0 Å². The van der Waals surface area contributed by atoms with Crippen molar-refractivity contribution < 1.29 is 0 Å². The van der Waals surface area contributed by atoms with Crippen LogP contribution in [0.3, 0.4) is 0 Å². The molecule has 1 rings (SSSR count). The van der Waals surface area contributed by atoms with Crippen molar-refractivity contribution in [1.29, 1.82) is 0 Å². The minimum absolute atomic E-state index is 0.786. The second-order valence-electron chi connectivity index (χ2n) is 4.31. The monoisotopic (exact) mass is 182 g/mol. The van der Waals surface area contributed by atoms with Crippen LogP contribution in [0.25, 0.3) is 0 Å². The molecule has 1 aliphatic rings. The summed E-state index contributed by atoms with van der Waals surface area (Å²) >= 11 is 0. The molecule has 76 valence electrons. The van der Waals surface area contributed by atoms with E-state index in [4.69, 9.17) is 0 Å². The van der Waals surface area contributed by atoms with Gasteiger partial charge in [0.05, 0.1) is 0 Å². The van der Waals surface area contributed by atoms with E-state index in [0.29, 0.717) is 0 Å². The smallest absolute Gasteiger partial charge is 0.0388 e. The van der Waals surface area contributed by atoms with Crippen molar-refractivity contribution in [2.75, 3.05) is 27.2 Å². The lowest BCUT2D eigenvalue weighted by molar-refractivity contribution is 0.377. The molecule has 0 fully saturated rings. The van der Waals surface area contributed by atoms with Crippen LogP contribution in [-0.4, -0.2) is 37.8 Å². The minimum Gasteiger partial charge on any atom is -0.309 e. The third-order valence-corrected chi connectivity index (χ3v) is 2.82. The van der Waals surface area contributed by atoms with E-state index in [1.165, 1.54) is 37.9 Å². The largest absolute Gasteiger partial charge is 0.309 e. The summed E-state index contributed by atoms with van der Waals surface area (Å²) < 4.78 is 0. The van der Waals surface area contributed by atoms with Crippen molar-refractivity contribution in [2.45, 2.75) is 32.6 Å². The fourth-order valence-electron chi connectivity index (χ4n) is 1.94. The van der Waals surface area contributed by atoms with Crippen LogP contribution >= 0.6 is 0 Å². The Morgan fingerprint density at radius 3 is 2.85 bits per heavy atom.